The van der Waals surface area contributed by atoms with Crippen molar-refractivity contribution in [3.05, 3.63) is 95.6 Å². The number of carbonyl (C=O) groups is 3. The summed E-state index contributed by atoms with van der Waals surface area (Å²) in [6, 6.07) is 22.3. The molecule has 5 rings (SSSR count). The molecule has 43 heavy (non-hydrogen) atoms. The van der Waals surface area contributed by atoms with Crippen LogP contribution in [0.15, 0.2) is 78.9 Å². The van der Waals surface area contributed by atoms with Gasteiger partial charge in [-0.1, -0.05) is 36.4 Å². The fourth-order valence-electron chi connectivity index (χ4n) is 5.57. The molecule has 2 heterocycles. The summed E-state index contributed by atoms with van der Waals surface area (Å²) in [7, 11) is 3.16. The van der Waals surface area contributed by atoms with Gasteiger partial charge in [0.05, 0.1) is 26.7 Å². The van der Waals surface area contributed by atoms with Gasteiger partial charge in [0, 0.05) is 43.7 Å². The van der Waals surface area contributed by atoms with Crippen molar-refractivity contribution in [2.75, 3.05) is 53.6 Å². The van der Waals surface area contributed by atoms with Crippen LogP contribution in [0.4, 0.5) is 0 Å². The Bertz CT molecular complexity index is 1460. The molecule has 224 valence electrons. The zero-order valence-corrected chi connectivity index (χ0v) is 24.5. The zero-order chi connectivity index (χ0) is 30.2. The van der Waals surface area contributed by atoms with Gasteiger partial charge in [0.15, 0.2) is 11.5 Å². The summed E-state index contributed by atoms with van der Waals surface area (Å²) >= 11 is 0. The number of amides is 3. The third-order valence-corrected chi connectivity index (χ3v) is 7.95. The van der Waals surface area contributed by atoms with Gasteiger partial charge in [-0.15, -0.1) is 0 Å². The molecular formula is C34H37N3O6. The topological polar surface area (TPSA) is 97.4 Å². The van der Waals surface area contributed by atoms with Crippen molar-refractivity contribution in [3.8, 4) is 17.2 Å². The third kappa shape index (κ3) is 7.17. The van der Waals surface area contributed by atoms with Crippen LogP contribution >= 0.6 is 0 Å². The van der Waals surface area contributed by atoms with Gasteiger partial charge in [-0.05, 0) is 60.0 Å². The van der Waals surface area contributed by atoms with Crippen LogP contribution in [-0.2, 0) is 9.59 Å². The molecule has 3 aromatic rings. The maximum atomic E-state index is 13.5. The lowest BCUT2D eigenvalue weighted by Gasteiger charge is -2.25. The van der Waals surface area contributed by atoms with Crippen LogP contribution < -0.4 is 19.5 Å². The Morgan fingerprint density at radius 2 is 1.67 bits per heavy atom. The van der Waals surface area contributed by atoms with Crippen LogP contribution in [-0.4, -0.2) is 81.1 Å². The van der Waals surface area contributed by atoms with Crippen molar-refractivity contribution < 1.29 is 28.6 Å². The maximum Gasteiger partial charge on any atom is 0.253 e. The minimum atomic E-state index is -0.435. The summed E-state index contributed by atoms with van der Waals surface area (Å²) < 4.78 is 16.9. The lowest BCUT2D eigenvalue weighted by Crippen LogP contribution is -2.39. The second-order valence-corrected chi connectivity index (χ2v) is 10.6. The summed E-state index contributed by atoms with van der Waals surface area (Å²) in [5.74, 6) is 0.736. The third-order valence-electron chi connectivity index (χ3n) is 7.95. The summed E-state index contributed by atoms with van der Waals surface area (Å²) in [4.78, 5) is 43.5. The number of methoxy groups -OCH3 is 2. The monoisotopic (exact) mass is 583 g/mol. The normalized spacial score (nSPS) is 19.2. The van der Waals surface area contributed by atoms with Gasteiger partial charge in [0.1, 0.15) is 12.4 Å². The molecule has 1 saturated heterocycles. The zero-order valence-electron chi connectivity index (χ0n) is 24.5. The number of carbonyl (C=O) groups excluding carboxylic acids is 3. The minimum absolute atomic E-state index is 0.115. The van der Waals surface area contributed by atoms with E-state index in [0.29, 0.717) is 62.0 Å². The number of hydrogen-bond acceptors (Lipinski definition) is 6. The van der Waals surface area contributed by atoms with E-state index in [2.05, 4.69) is 5.32 Å². The number of fused-ring (bicyclic) bond motifs is 4. The Morgan fingerprint density at radius 3 is 2.42 bits per heavy atom. The van der Waals surface area contributed by atoms with E-state index in [-0.39, 0.29) is 30.2 Å². The first-order chi connectivity index (χ1) is 21.0. The van der Waals surface area contributed by atoms with E-state index in [1.54, 1.807) is 60.4 Å². The maximum absolute atomic E-state index is 13.5. The standard InChI is InChI=1S/C34H37N3O6/c1-41-27-13-10-25(11-14-27)34(40)36-18-6-17-35-33(39)29-23-37(32(38)16-9-24-7-4-3-5-8-24)22-28(29)26-12-15-30(42-2)31(21-26)43-20-19-36/h3-5,7-16,21,28-29H,6,17-20,22-23H2,1-2H3,(H,35,39)/b16-9+/t28-,29+/m1/s1. The van der Waals surface area contributed by atoms with E-state index >= 15 is 0 Å². The first kappa shape index (κ1) is 29.7. The van der Waals surface area contributed by atoms with Gasteiger partial charge in [-0.2, -0.15) is 0 Å². The fourth-order valence-corrected chi connectivity index (χ4v) is 5.57. The largest absolute Gasteiger partial charge is 0.497 e. The number of nitrogens with one attached hydrogen (secondary N) is 1. The lowest BCUT2D eigenvalue weighted by atomic mass is 9.88. The highest BCUT2D eigenvalue weighted by molar-refractivity contribution is 5.94. The molecule has 0 aromatic heterocycles. The molecule has 0 saturated carbocycles. The van der Waals surface area contributed by atoms with Crippen LogP contribution in [0.5, 0.6) is 17.2 Å². The molecule has 3 aromatic carbocycles. The van der Waals surface area contributed by atoms with Crippen molar-refractivity contribution >= 4 is 23.8 Å². The molecule has 3 amide bonds. The highest BCUT2D eigenvalue weighted by Crippen LogP contribution is 2.38. The average Bonchev–Trinajstić information content (AvgIpc) is 3.50. The summed E-state index contributed by atoms with van der Waals surface area (Å²) in [5, 5.41) is 3.06. The van der Waals surface area contributed by atoms with Crippen molar-refractivity contribution in [1.29, 1.82) is 0 Å². The molecule has 1 fully saturated rings. The minimum Gasteiger partial charge on any atom is -0.497 e. The molecule has 2 aliphatic heterocycles. The predicted molar refractivity (Wildman–Crippen MR) is 163 cm³/mol. The number of benzene rings is 3. The smallest absolute Gasteiger partial charge is 0.253 e. The van der Waals surface area contributed by atoms with Gasteiger partial charge in [0.2, 0.25) is 11.8 Å². The molecule has 2 aliphatic rings. The van der Waals surface area contributed by atoms with E-state index in [1.165, 1.54) is 0 Å². The van der Waals surface area contributed by atoms with Crippen LogP contribution in [0.3, 0.4) is 0 Å². The molecular weight excluding hydrogens is 546 g/mol. The van der Waals surface area contributed by atoms with E-state index in [0.717, 1.165) is 11.1 Å². The highest BCUT2D eigenvalue weighted by atomic mass is 16.5. The Morgan fingerprint density at radius 1 is 0.907 bits per heavy atom. The van der Waals surface area contributed by atoms with Crippen molar-refractivity contribution in [2.45, 2.75) is 12.3 Å². The second kappa shape index (κ2) is 13.9. The SMILES string of the molecule is COc1ccc(C(=O)N2CCCNC(=O)[C@H]3CN(C(=O)/C=C/c4ccccc4)C[C@@H]3c3ccc(OC)c(c3)OCC2)cc1. The van der Waals surface area contributed by atoms with Crippen LogP contribution in [0.1, 0.15) is 33.8 Å². The number of hydrogen-bond donors (Lipinski definition) is 1. The van der Waals surface area contributed by atoms with Gasteiger partial charge < -0.3 is 29.3 Å². The van der Waals surface area contributed by atoms with Crippen molar-refractivity contribution in [1.82, 2.24) is 15.1 Å². The number of likely N-dealkylation sites (tertiary alicyclic amines) is 1. The first-order valence-corrected chi connectivity index (χ1v) is 14.5. The Kier molecular flexibility index (Phi) is 9.61. The summed E-state index contributed by atoms with van der Waals surface area (Å²) in [5.41, 5.74) is 2.37. The number of ether oxygens (including phenoxy) is 3. The Labute approximate surface area is 252 Å². The summed E-state index contributed by atoms with van der Waals surface area (Å²) in [6.45, 7) is 2.18. The molecule has 2 bridgehead atoms. The molecule has 0 radical (unpaired) electrons. The van der Waals surface area contributed by atoms with Crippen LogP contribution in [0.2, 0.25) is 0 Å². The van der Waals surface area contributed by atoms with E-state index < -0.39 is 5.92 Å². The van der Waals surface area contributed by atoms with Crippen LogP contribution in [0, 0.1) is 5.92 Å². The van der Waals surface area contributed by atoms with Crippen molar-refractivity contribution in [2.24, 2.45) is 5.92 Å². The molecule has 9 heteroatoms. The van der Waals surface area contributed by atoms with Gasteiger partial charge in [-0.3, -0.25) is 14.4 Å². The van der Waals surface area contributed by atoms with E-state index in [4.69, 9.17) is 14.2 Å². The van der Waals surface area contributed by atoms with Gasteiger partial charge >= 0.3 is 0 Å². The second-order valence-electron chi connectivity index (χ2n) is 10.6. The first-order valence-electron chi connectivity index (χ1n) is 14.5. The molecule has 0 aliphatic carbocycles. The highest BCUT2D eigenvalue weighted by Gasteiger charge is 2.40. The molecule has 0 spiro atoms. The average molecular weight is 584 g/mol. The van der Waals surface area contributed by atoms with Gasteiger partial charge in [0.25, 0.3) is 5.91 Å². The van der Waals surface area contributed by atoms with E-state index in [1.807, 2.05) is 48.5 Å². The number of rotatable bonds is 5. The Balaban J connectivity index is 1.36. The number of nitrogens with zero attached hydrogens (tertiary/aromatic N) is 2. The Hall–Kier alpha value is -4.79. The molecule has 1 N–H and O–H groups in total. The quantitative estimate of drug-likeness (QED) is 0.456. The molecule has 0 unspecified atom stereocenters. The van der Waals surface area contributed by atoms with Crippen molar-refractivity contribution in [3.63, 3.8) is 0 Å². The van der Waals surface area contributed by atoms with E-state index in [9.17, 15) is 14.4 Å². The molecule has 9 nitrogen and oxygen atoms in total. The van der Waals surface area contributed by atoms with Crippen LogP contribution in [0.25, 0.3) is 6.08 Å². The molecule has 2 atom stereocenters. The fraction of sp³-hybridized carbons (Fsp3) is 0.324. The lowest BCUT2D eigenvalue weighted by molar-refractivity contribution is -0.126. The summed E-state index contributed by atoms with van der Waals surface area (Å²) in [6.07, 6.45) is 3.92. The van der Waals surface area contributed by atoms with Gasteiger partial charge in [-0.25, -0.2) is 0 Å². The predicted octanol–water partition coefficient (Wildman–Crippen LogP) is 4.00.